The van der Waals surface area contributed by atoms with E-state index < -0.39 is 71.2 Å². The molecule has 1 spiro atoms. The van der Waals surface area contributed by atoms with Crippen LogP contribution in [0.15, 0.2) is 36.4 Å². The second kappa shape index (κ2) is 10.2. The predicted octanol–water partition coefficient (Wildman–Crippen LogP) is 4.95. The van der Waals surface area contributed by atoms with Gasteiger partial charge in [-0.3, -0.25) is 4.90 Å². The molecule has 18 heteroatoms. The van der Waals surface area contributed by atoms with Crippen LogP contribution in [-0.2, 0) is 12.4 Å². The zero-order valence-electron chi connectivity index (χ0n) is 21.2. The number of rotatable bonds is 6. The quantitative estimate of drug-likeness (QED) is 0.385. The number of carbonyl (C=O) groups excluding carboxylic acids is 1. The summed E-state index contributed by atoms with van der Waals surface area (Å²) in [6, 6.07) is 4.68. The summed E-state index contributed by atoms with van der Waals surface area (Å²) in [7, 11) is 0. The van der Waals surface area contributed by atoms with Crippen LogP contribution in [0.3, 0.4) is 0 Å². The van der Waals surface area contributed by atoms with Gasteiger partial charge in [-0.2, -0.15) is 49.1 Å². The first kappa shape index (κ1) is 29.7. The van der Waals surface area contributed by atoms with Crippen LogP contribution in [0, 0.1) is 11.2 Å². The number of likely N-dealkylation sites (tertiary alicyclic amines) is 2. The highest BCUT2D eigenvalue weighted by molar-refractivity contribution is 5.75. The van der Waals surface area contributed by atoms with Crippen molar-refractivity contribution in [2.45, 2.75) is 24.6 Å². The lowest BCUT2D eigenvalue weighted by molar-refractivity contribution is -0.142. The third-order valence-corrected chi connectivity index (χ3v) is 7.04. The second-order valence-corrected chi connectivity index (χ2v) is 10.3. The minimum atomic E-state index is -4.97. The molecule has 3 aromatic rings. The number of anilines is 1. The summed E-state index contributed by atoms with van der Waals surface area (Å²) >= 11 is 0. The van der Waals surface area contributed by atoms with E-state index in [0.29, 0.717) is 35.3 Å². The second-order valence-electron chi connectivity index (χ2n) is 10.3. The normalized spacial score (nSPS) is 18.1. The van der Waals surface area contributed by atoms with Gasteiger partial charge in [-0.25, -0.2) is 14.2 Å². The molecule has 1 aromatic carbocycles. The number of urea groups is 1. The summed E-state index contributed by atoms with van der Waals surface area (Å²) in [5.41, 5.74) is -3.45. The molecule has 2 aliphatic rings. The Hall–Kier alpha value is -3.83. The summed E-state index contributed by atoms with van der Waals surface area (Å²) in [6.07, 6.45) is -14.5. The van der Waals surface area contributed by atoms with Crippen molar-refractivity contribution in [3.8, 4) is 0 Å². The van der Waals surface area contributed by atoms with Crippen LogP contribution in [0.2, 0.25) is 0 Å². The topological polar surface area (TPSA) is 77.8 Å². The summed E-state index contributed by atoms with van der Waals surface area (Å²) in [5.74, 6) is -0.965. The molecule has 228 valence electrons. The number of fused-ring (bicyclic) bond motifs is 1. The molecule has 0 saturated carbocycles. The molecule has 0 radical (unpaired) electrons. The van der Waals surface area contributed by atoms with Gasteiger partial charge in [0.25, 0.3) is 0 Å². The van der Waals surface area contributed by atoms with E-state index in [9.17, 15) is 48.7 Å². The Labute approximate surface area is 230 Å². The molecule has 5 rings (SSSR count). The van der Waals surface area contributed by atoms with Crippen molar-refractivity contribution in [2.75, 3.05) is 44.6 Å². The van der Waals surface area contributed by atoms with Gasteiger partial charge in [0.2, 0.25) is 0 Å². The largest absolute Gasteiger partial charge is 0.435 e. The van der Waals surface area contributed by atoms with Crippen LogP contribution in [-0.4, -0.2) is 75.9 Å². The van der Waals surface area contributed by atoms with Crippen molar-refractivity contribution in [3.63, 3.8) is 0 Å². The maximum Gasteiger partial charge on any atom is 0.435 e. The van der Waals surface area contributed by atoms with Crippen LogP contribution in [0.1, 0.15) is 23.0 Å². The average Bonchev–Trinajstić information content (AvgIpc) is 3.27. The Morgan fingerprint density at radius 3 is 2.10 bits per heavy atom. The average molecular weight is 613 g/mol. The molecule has 2 N–H and O–H groups in total. The van der Waals surface area contributed by atoms with Gasteiger partial charge >= 0.3 is 24.6 Å². The SMILES string of the molecule is O=C(NCC(F)(F)F)N1CC2(C1)CN(C(CNc1cc(C(F)(F)F)nc3cc(C(F)(F)F)nn13)c1ccc(F)cc1)C2. The lowest BCUT2D eigenvalue weighted by Gasteiger charge is -2.61. The molecule has 1 unspecified atom stereocenters. The minimum Gasteiger partial charge on any atom is -0.368 e. The van der Waals surface area contributed by atoms with Gasteiger partial charge in [0.05, 0.1) is 6.04 Å². The number of aromatic nitrogens is 3. The van der Waals surface area contributed by atoms with E-state index in [-0.39, 0.29) is 19.6 Å². The number of halogens is 10. The number of nitrogens with one attached hydrogen (secondary N) is 2. The number of hydrogen-bond acceptors (Lipinski definition) is 5. The van der Waals surface area contributed by atoms with Crippen molar-refractivity contribution in [1.82, 2.24) is 29.7 Å². The van der Waals surface area contributed by atoms with E-state index in [1.54, 1.807) is 5.32 Å². The van der Waals surface area contributed by atoms with Gasteiger partial charge in [-0.1, -0.05) is 12.1 Å². The highest BCUT2D eigenvalue weighted by Gasteiger charge is 2.54. The van der Waals surface area contributed by atoms with Crippen LogP contribution >= 0.6 is 0 Å². The number of nitrogens with zero attached hydrogens (tertiary/aromatic N) is 5. The summed E-state index contributed by atoms with van der Waals surface area (Å²) in [4.78, 5) is 18.3. The Morgan fingerprint density at radius 2 is 1.52 bits per heavy atom. The van der Waals surface area contributed by atoms with E-state index in [1.165, 1.54) is 29.2 Å². The molecule has 2 saturated heterocycles. The first-order valence-electron chi connectivity index (χ1n) is 12.3. The van der Waals surface area contributed by atoms with Crippen molar-refractivity contribution >= 4 is 17.5 Å². The highest BCUT2D eigenvalue weighted by Crippen LogP contribution is 2.44. The van der Waals surface area contributed by atoms with E-state index in [0.717, 1.165) is 0 Å². The number of benzene rings is 1. The Kier molecular flexibility index (Phi) is 7.18. The zero-order valence-corrected chi connectivity index (χ0v) is 21.2. The predicted molar refractivity (Wildman–Crippen MR) is 126 cm³/mol. The third kappa shape index (κ3) is 6.17. The molecule has 8 nitrogen and oxygen atoms in total. The fourth-order valence-electron chi connectivity index (χ4n) is 5.16. The fraction of sp³-hybridized carbons (Fsp3) is 0.458. The molecule has 2 aromatic heterocycles. The van der Waals surface area contributed by atoms with E-state index in [4.69, 9.17) is 0 Å². The number of carbonyl (C=O) groups is 1. The van der Waals surface area contributed by atoms with Gasteiger partial charge in [0.15, 0.2) is 17.0 Å². The fourth-order valence-corrected chi connectivity index (χ4v) is 5.16. The van der Waals surface area contributed by atoms with E-state index >= 15 is 0 Å². The van der Waals surface area contributed by atoms with Crippen LogP contribution < -0.4 is 10.6 Å². The molecule has 2 aliphatic heterocycles. The summed E-state index contributed by atoms with van der Waals surface area (Å²) in [6.45, 7) is -0.582. The third-order valence-electron chi connectivity index (χ3n) is 7.04. The van der Waals surface area contributed by atoms with Crippen molar-refractivity contribution in [1.29, 1.82) is 0 Å². The smallest absolute Gasteiger partial charge is 0.368 e. The molecule has 0 aliphatic carbocycles. The molecule has 4 heterocycles. The molecule has 2 fully saturated rings. The maximum absolute atomic E-state index is 13.6. The first-order valence-corrected chi connectivity index (χ1v) is 12.3. The highest BCUT2D eigenvalue weighted by atomic mass is 19.4. The van der Waals surface area contributed by atoms with Crippen molar-refractivity contribution < 1.29 is 48.7 Å². The molecule has 42 heavy (non-hydrogen) atoms. The number of alkyl halides is 9. The molecular formula is C24H21F10N7O. The van der Waals surface area contributed by atoms with Gasteiger partial charge in [0.1, 0.15) is 18.2 Å². The summed E-state index contributed by atoms with van der Waals surface area (Å²) < 4.78 is 132. The lowest BCUT2D eigenvalue weighted by atomic mass is 9.72. The van der Waals surface area contributed by atoms with Crippen LogP contribution in [0.4, 0.5) is 54.5 Å². The van der Waals surface area contributed by atoms with Gasteiger partial charge in [-0.05, 0) is 17.7 Å². The van der Waals surface area contributed by atoms with Gasteiger partial charge in [0, 0.05) is 50.3 Å². The number of amides is 2. The Balaban J connectivity index is 1.34. The van der Waals surface area contributed by atoms with Gasteiger partial charge < -0.3 is 15.5 Å². The molecular weight excluding hydrogens is 592 g/mol. The minimum absolute atomic E-state index is 0.144. The lowest BCUT2D eigenvalue weighted by Crippen LogP contribution is -2.74. The first-order chi connectivity index (χ1) is 19.4. The zero-order chi connectivity index (χ0) is 30.7. The molecule has 2 amide bonds. The number of hydrogen-bond donors (Lipinski definition) is 2. The summed E-state index contributed by atoms with van der Waals surface area (Å²) in [5, 5.41) is 7.89. The molecule has 0 bridgehead atoms. The van der Waals surface area contributed by atoms with Gasteiger partial charge in [-0.15, -0.1) is 0 Å². The molecule has 1 atom stereocenters. The Morgan fingerprint density at radius 1 is 0.905 bits per heavy atom. The van der Waals surface area contributed by atoms with E-state index in [2.05, 4.69) is 15.4 Å². The Bertz CT molecular complexity index is 1450. The van der Waals surface area contributed by atoms with E-state index in [1.807, 2.05) is 4.90 Å². The van der Waals surface area contributed by atoms with Crippen LogP contribution in [0.5, 0.6) is 0 Å². The van der Waals surface area contributed by atoms with Crippen molar-refractivity contribution in [3.05, 3.63) is 59.2 Å². The van der Waals surface area contributed by atoms with Crippen LogP contribution in [0.25, 0.3) is 5.65 Å². The standard InChI is InChI=1S/C24H21F10N7O/c25-14-3-1-13(2-4-14)15(39-9-21(10-39)11-40(12-21)20(42)36-8-22(26,27)28)7-35-18-5-16(23(29,30)31)37-19-6-17(24(32,33)34)38-41(18)19/h1-6,15,35H,7-12H2,(H,36,42). The maximum atomic E-state index is 13.6. The monoisotopic (exact) mass is 613 g/mol. The van der Waals surface area contributed by atoms with Crippen molar-refractivity contribution in [2.24, 2.45) is 5.41 Å².